The third-order valence-corrected chi connectivity index (χ3v) is 3.65. The molecule has 0 saturated heterocycles. The van der Waals surface area contributed by atoms with Gasteiger partial charge in [0.15, 0.2) is 0 Å². The summed E-state index contributed by atoms with van der Waals surface area (Å²) in [6, 6.07) is 5.01. The van der Waals surface area contributed by atoms with E-state index in [1.807, 2.05) is 0 Å². The second-order valence-electron chi connectivity index (χ2n) is 4.42. The molecule has 2 rings (SSSR count). The van der Waals surface area contributed by atoms with E-state index in [0.29, 0.717) is 12.1 Å². The van der Waals surface area contributed by atoms with Crippen molar-refractivity contribution in [2.24, 2.45) is 0 Å². The van der Waals surface area contributed by atoms with Crippen LogP contribution < -0.4 is 0 Å². The van der Waals surface area contributed by atoms with Crippen LogP contribution in [0.5, 0.6) is 0 Å². The summed E-state index contributed by atoms with van der Waals surface area (Å²) < 4.78 is 29.0. The van der Waals surface area contributed by atoms with Crippen molar-refractivity contribution < 1.29 is 18.6 Å². The maximum atomic E-state index is 14.5. The summed E-state index contributed by atoms with van der Waals surface area (Å²) in [4.78, 5) is 19.8. The molecule has 10 heteroatoms. The van der Waals surface area contributed by atoms with Gasteiger partial charge in [-0.2, -0.15) is 8.78 Å². The number of benzene rings is 2. The molecule has 23 heavy (non-hydrogen) atoms. The first kappa shape index (κ1) is 17.0. The molecule has 0 amide bonds. The van der Waals surface area contributed by atoms with Crippen LogP contribution in [0.1, 0.15) is 11.1 Å². The van der Waals surface area contributed by atoms with Crippen molar-refractivity contribution >= 4 is 34.6 Å². The molecule has 0 spiro atoms. The van der Waals surface area contributed by atoms with Crippen molar-refractivity contribution in [3.8, 4) is 0 Å². The average Bonchev–Trinajstić information content (AvgIpc) is 2.47. The highest BCUT2D eigenvalue weighted by molar-refractivity contribution is 6.33. The molecular weight excluding hydrogens is 357 g/mol. The highest BCUT2D eigenvalue weighted by Gasteiger charge is 2.37. The number of halogens is 4. The summed E-state index contributed by atoms with van der Waals surface area (Å²) in [5.74, 6) is -3.70. The van der Waals surface area contributed by atoms with Crippen LogP contribution in [0.25, 0.3) is 0 Å². The predicted octanol–water partition coefficient (Wildman–Crippen LogP) is 4.95. The molecule has 2 aromatic rings. The average molecular weight is 363 g/mol. The molecule has 0 N–H and O–H groups in total. The normalized spacial score (nSPS) is 11.3. The Morgan fingerprint density at radius 2 is 1.17 bits per heavy atom. The molecule has 0 radical (unpaired) electrons. The zero-order chi connectivity index (χ0) is 17.4. The van der Waals surface area contributed by atoms with E-state index in [1.165, 1.54) is 0 Å². The van der Waals surface area contributed by atoms with Gasteiger partial charge in [-0.05, 0) is 12.1 Å². The zero-order valence-corrected chi connectivity index (χ0v) is 12.5. The lowest BCUT2D eigenvalue weighted by molar-refractivity contribution is -0.384. The van der Waals surface area contributed by atoms with Gasteiger partial charge < -0.3 is 0 Å². The maximum Gasteiger partial charge on any atom is 0.298 e. The van der Waals surface area contributed by atoms with E-state index in [-0.39, 0.29) is 10.0 Å². The Morgan fingerprint density at radius 3 is 1.48 bits per heavy atom. The van der Waals surface area contributed by atoms with Crippen LogP contribution in [0.2, 0.25) is 10.0 Å². The standard InChI is InChI=1S/C13H6Cl2F2N2O4/c14-9-3-1-7(5-11(9)18(20)21)13(16,17)8-2-4-10(15)12(6-8)19(22)23/h1-6H. The lowest BCUT2D eigenvalue weighted by Gasteiger charge is -2.17. The zero-order valence-electron chi connectivity index (χ0n) is 11.0. The Labute approximate surface area is 137 Å². The number of rotatable bonds is 4. The molecule has 0 fully saturated rings. The van der Waals surface area contributed by atoms with Gasteiger partial charge in [0.05, 0.1) is 9.85 Å². The van der Waals surface area contributed by atoms with Crippen LogP contribution in [-0.2, 0) is 5.92 Å². The molecule has 0 saturated carbocycles. The van der Waals surface area contributed by atoms with Crippen molar-refractivity contribution in [3.05, 3.63) is 77.8 Å². The first-order valence-electron chi connectivity index (χ1n) is 5.91. The molecule has 0 heterocycles. The van der Waals surface area contributed by atoms with E-state index < -0.39 is 38.3 Å². The Kier molecular flexibility index (Phi) is 4.49. The van der Waals surface area contributed by atoms with Crippen molar-refractivity contribution in [1.82, 2.24) is 0 Å². The molecule has 2 aromatic carbocycles. The molecule has 6 nitrogen and oxygen atoms in total. The van der Waals surface area contributed by atoms with Gasteiger partial charge in [0.25, 0.3) is 17.3 Å². The van der Waals surface area contributed by atoms with Gasteiger partial charge in [0, 0.05) is 23.3 Å². The van der Waals surface area contributed by atoms with E-state index in [0.717, 1.165) is 24.3 Å². The maximum absolute atomic E-state index is 14.5. The summed E-state index contributed by atoms with van der Waals surface area (Å²) in [5, 5.41) is 21.0. The second-order valence-corrected chi connectivity index (χ2v) is 5.24. The highest BCUT2D eigenvalue weighted by atomic mass is 35.5. The third-order valence-electron chi connectivity index (χ3n) is 3.01. The third kappa shape index (κ3) is 3.22. The molecule has 0 atom stereocenters. The largest absolute Gasteiger partial charge is 0.298 e. The molecule has 0 aliphatic heterocycles. The van der Waals surface area contributed by atoms with Gasteiger partial charge in [-0.15, -0.1) is 0 Å². The number of hydrogen-bond donors (Lipinski definition) is 0. The van der Waals surface area contributed by atoms with E-state index in [9.17, 15) is 29.0 Å². The van der Waals surface area contributed by atoms with Gasteiger partial charge in [-0.3, -0.25) is 20.2 Å². The van der Waals surface area contributed by atoms with Crippen molar-refractivity contribution in [3.63, 3.8) is 0 Å². The van der Waals surface area contributed by atoms with Crippen LogP contribution in [0.4, 0.5) is 20.2 Å². The number of nitro benzene ring substituents is 2. The predicted molar refractivity (Wildman–Crippen MR) is 79.2 cm³/mol. The molecule has 0 bridgehead atoms. The summed E-state index contributed by atoms with van der Waals surface area (Å²) in [7, 11) is 0. The van der Waals surface area contributed by atoms with Crippen molar-refractivity contribution in [1.29, 1.82) is 0 Å². The van der Waals surface area contributed by atoms with Crippen LogP contribution in [0, 0.1) is 20.2 Å². The molecular formula is C13H6Cl2F2N2O4. The lowest BCUT2D eigenvalue weighted by Crippen LogP contribution is -2.16. The topological polar surface area (TPSA) is 86.3 Å². The van der Waals surface area contributed by atoms with Gasteiger partial charge >= 0.3 is 0 Å². The van der Waals surface area contributed by atoms with Gasteiger partial charge in [0.1, 0.15) is 10.0 Å². The summed E-state index contributed by atoms with van der Waals surface area (Å²) in [6.45, 7) is 0. The van der Waals surface area contributed by atoms with Crippen molar-refractivity contribution in [2.45, 2.75) is 5.92 Å². The van der Waals surface area contributed by atoms with Crippen LogP contribution in [0.3, 0.4) is 0 Å². The number of hydrogen-bond acceptors (Lipinski definition) is 4. The molecule has 0 aliphatic carbocycles. The quantitative estimate of drug-likeness (QED) is 0.568. The Hall–Kier alpha value is -2.32. The summed E-state index contributed by atoms with van der Waals surface area (Å²) >= 11 is 11.2. The minimum Gasteiger partial charge on any atom is -0.258 e. The van der Waals surface area contributed by atoms with E-state index >= 15 is 0 Å². The van der Waals surface area contributed by atoms with E-state index in [2.05, 4.69) is 0 Å². The Bertz CT molecular complexity index is 749. The second kappa shape index (κ2) is 6.05. The first-order valence-corrected chi connectivity index (χ1v) is 6.67. The number of alkyl halides is 2. The molecule has 0 aromatic heterocycles. The lowest BCUT2D eigenvalue weighted by atomic mass is 9.99. The molecule has 0 aliphatic rings. The van der Waals surface area contributed by atoms with Crippen LogP contribution >= 0.6 is 23.2 Å². The number of nitrogens with zero attached hydrogens (tertiary/aromatic N) is 2. The van der Waals surface area contributed by atoms with Crippen molar-refractivity contribution in [2.75, 3.05) is 0 Å². The number of nitro groups is 2. The van der Waals surface area contributed by atoms with Gasteiger partial charge in [-0.25, -0.2) is 0 Å². The van der Waals surface area contributed by atoms with Crippen LogP contribution in [-0.4, -0.2) is 9.85 Å². The van der Waals surface area contributed by atoms with Gasteiger partial charge in [-0.1, -0.05) is 35.3 Å². The minimum absolute atomic E-state index is 0.295. The van der Waals surface area contributed by atoms with E-state index in [1.54, 1.807) is 0 Å². The summed E-state index contributed by atoms with van der Waals surface area (Å²) in [5.41, 5.74) is -2.81. The minimum atomic E-state index is -3.70. The highest BCUT2D eigenvalue weighted by Crippen LogP contribution is 2.41. The van der Waals surface area contributed by atoms with Crippen LogP contribution in [0.15, 0.2) is 36.4 Å². The smallest absolute Gasteiger partial charge is 0.258 e. The Morgan fingerprint density at radius 1 is 0.826 bits per heavy atom. The fraction of sp³-hybridized carbons (Fsp3) is 0.0769. The fourth-order valence-corrected chi connectivity index (χ4v) is 2.24. The Balaban J connectivity index is 2.58. The van der Waals surface area contributed by atoms with E-state index in [4.69, 9.17) is 23.2 Å². The SMILES string of the molecule is O=[N+]([O-])c1cc(C(F)(F)c2ccc(Cl)c([N+](=O)[O-])c2)ccc1Cl. The summed E-state index contributed by atoms with van der Waals surface area (Å²) in [6.07, 6.45) is 0. The molecule has 0 unspecified atom stereocenters. The fourth-order valence-electron chi connectivity index (χ4n) is 1.86. The first-order chi connectivity index (χ1) is 10.6. The van der Waals surface area contributed by atoms with Gasteiger partial charge in [0.2, 0.25) is 0 Å². The molecule has 120 valence electrons. The monoisotopic (exact) mass is 362 g/mol.